The molecule has 0 spiro atoms. The first-order chi connectivity index (χ1) is 6.69. The Morgan fingerprint density at radius 2 is 1.71 bits per heavy atom. The fraction of sp³-hybridized carbons (Fsp3) is 1.00. The van der Waals surface area contributed by atoms with E-state index in [4.69, 9.17) is 0 Å². The van der Waals surface area contributed by atoms with Crippen LogP contribution in [0, 0.1) is 0 Å². The number of likely N-dealkylation sites (N-methyl/N-ethyl adjacent to an activating group) is 2. The Balaban J connectivity index is 2.33. The second-order valence-electron chi connectivity index (χ2n) is 4.29. The van der Waals surface area contributed by atoms with Crippen LogP contribution in [0.4, 0.5) is 0 Å². The number of hydrogen-bond donors (Lipinski definition) is 1. The summed E-state index contributed by atoms with van der Waals surface area (Å²) in [6.07, 6.45) is 0. The minimum Gasteiger partial charge on any atom is -0.316 e. The summed E-state index contributed by atoms with van der Waals surface area (Å²) >= 11 is 0. The molecule has 1 N–H and O–H groups in total. The Bertz CT molecular complexity index is 153. The maximum absolute atomic E-state index is 3.33. The van der Waals surface area contributed by atoms with Gasteiger partial charge in [-0.25, -0.2) is 0 Å². The van der Waals surface area contributed by atoms with E-state index in [0.717, 1.165) is 0 Å². The summed E-state index contributed by atoms with van der Waals surface area (Å²) in [7, 11) is 2.05. The molecule has 1 rings (SSSR count). The number of rotatable bonds is 4. The standard InChI is InChI=1S/C11H25N3/c1-5-13-6-8-14(9-7-13)11(3)10(2)12-4/h10-12H,5-9H2,1-4H3. The molecule has 0 aromatic heterocycles. The Morgan fingerprint density at radius 1 is 1.14 bits per heavy atom. The third-order valence-corrected chi connectivity index (χ3v) is 3.61. The van der Waals surface area contributed by atoms with Gasteiger partial charge in [0.2, 0.25) is 0 Å². The van der Waals surface area contributed by atoms with Gasteiger partial charge >= 0.3 is 0 Å². The molecule has 84 valence electrons. The zero-order valence-corrected chi connectivity index (χ0v) is 10.1. The van der Waals surface area contributed by atoms with Crippen molar-refractivity contribution in [2.24, 2.45) is 0 Å². The molecular weight excluding hydrogens is 174 g/mol. The molecule has 1 heterocycles. The first-order valence-corrected chi connectivity index (χ1v) is 5.82. The quantitative estimate of drug-likeness (QED) is 0.716. The first kappa shape index (κ1) is 12.0. The van der Waals surface area contributed by atoms with Gasteiger partial charge in [0, 0.05) is 38.3 Å². The molecule has 0 radical (unpaired) electrons. The Hall–Kier alpha value is -0.120. The minimum atomic E-state index is 0.586. The largest absolute Gasteiger partial charge is 0.316 e. The SMILES string of the molecule is CCN1CCN(C(C)C(C)NC)CC1. The zero-order valence-electron chi connectivity index (χ0n) is 10.1. The molecule has 2 unspecified atom stereocenters. The summed E-state index contributed by atoms with van der Waals surface area (Å²) < 4.78 is 0. The molecule has 14 heavy (non-hydrogen) atoms. The van der Waals surface area contributed by atoms with Crippen molar-refractivity contribution in [2.75, 3.05) is 39.8 Å². The van der Waals surface area contributed by atoms with Crippen LogP contribution in [-0.4, -0.2) is 61.7 Å². The van der Waals surface area contributed by atoms with Gasteiger partial charge < -0.3 is 10.2 Å². The van der Waals surface area contributed by atoms with E-state index in [1.807, 2.05) is 7.05 Å². The summed E-state index contributed by atoms with van der Waals surface area (Å²) in [4.78, 5) is 5.11. The monoisotopic (exact) mass is 199 g/mol. The van der Waals surface area contributed by atoms with Gasteiger partial charge in [0.05, 0.1) is 0 Å². The third kappa shape index (κ3) is 2.94. The van der Waals surface area contributed by atoms with Crippen molar-refractivity contribution in [1.29, 1.82) is 0 Å². The van der Waals surface area contributed by atoms with Crippen LogP contribution in [0.2, 0.25) is 0 Å². The lowest BCUT2D eigenvalue weighted by Gasteiger charge is -2.39. The van der Waals surface area contributed by atoms with Crippen molar-refractivity contribution in [3.63, 3.8) is 0 Å². The van der Waals surface area contributed by atoms with Crippen molar-refractivity contribution in [3.05, 3.63) is 0 Å². The number of hydrogen-bond acceptors (Lipinski definition) is 3. The van der Waals surface area contributed by atoms with E-state index in [1.165, 1.54) is 32.7 Å². The first-order valence-electron chi connectivity index (χ1n) is 5.82. The van der Waals surface area contributed by atoms with Crippen molar-refractivity contribution < 1.29 is 0 Å². The van der Waals surface area contributed by atoms with Gasteiger partial charge in [-0.3, -0.25) is 4.90 Å². The van der Waals surface area contributed by atoms with Gasteiger partial charge in [0.15, 0.2) is 0 Å². The number of nitrogens with zero attached hydrogens (tertiary/aromatic N) is 2. The topological polar surface area (TPSA) is 18.5 Å². The van der Waals surface area contributed by atoms with Crippen LogP contribution in [0.3, 0.4) is 0 Å². The highest BCUT2D eigenvalue weighted by molar-refractivity contribution is 4.81. The van der Waals surface area contributed by atoms with Crippen LogP contribution in [0.25, 0.3) is 0 Å². The van der Waals surface area contributed by atoms with Crippen LogP contribution in [0.5, 0.6) is 0 Å². The number of piperazine rings is 1. The molecule has 0 aromatic carbocycles. The normalized spacial score (nSPS) is 24.9. The van der Waals surface area contributed by atoms with Crippen LogP contribution in [-0.2, 0) is 0 Å². The van der Waals surface area contributed by atoms with Crippen LogP contribution in [0.1, 0.15) is 20.8 Å². The van der Waals surface area contributed by atoms with Gasteiger partial charge in [-0.05, 0) is 27.4 Å². The van der Waals surface area contributed by atoms with Gasteiger partial charge in [-0.1, -0.05) is 6.92 Å². The van der Waals surface area contributed by atoms with E-state index in [0.29, 0.717) is 12.1 Å². The lowest BCUT2D eigenvalue weighted by atomic mass is 10.1. The summed E-state index contributed by atoms with van der Waals surface area (Å²) in [5, 5.41) is 3.33. The maximum atomic E-state index is 3.33. The summed E-state index contributed by atoms with van der Waals surface area (Å²) in [6, 6.07) is 1.24. The molecule has 0 aromatic rings. The van der Waals surface area contributed by atoms with Crippen LogP contribution >= 0.6 is 0 Å². The molecule has 0 aliphatic carbocycles. The molecule has 0 amide bonds. The lowest BCUT2D eigenvalue weighted by molar-refractivity contribution is 0.0928. The summed E-state index contributed by atoms with van der Waals surface area (Å²) in [5.74, 6) is 0. The van der Waals surface area contributed by atoms with E-state index in [2.05, 4.69) is 35.9 Å². The third-order valence-electron chi connectivity index (χ3n) is 3.61. The van der Waals surface area contributed by atoms with Crippen LogP contribution in [0.15, 0.2) is 0 Å². The minimum absolute atomic E-state index is 0.586. The zero-order chi connectivity index (χ0) is 10.6. The molecule has 2 atom stereocenters. The molecule has 1 saturated heterocycles. The molecule has 0 bridgehead atoms. The summed E-state index contributed by atoms with van der Waals surface area (Å²) in [5.41, 5.74) is 0. The molecule has 1 aliphatic heterocycles. The fourth-order valence-electron chi connectivity index (χ4n) is 2.04. The van der Waals surface area contributed by atoms with Crippen molar-refractivity contribution in [1.82, 2.24) is 15.1 Å². The van der Waals surface area contributed by atoms with Gasteiger partial charge in [0.1, 0.15) is 0 Å². The van der Waals surface area contributed by atoms with Gasteiger partial charge in [0.25, 0.3) is 0 Å². The van der Waals surface area contributed by atoms with E-state index in [-0.39, 0.29) is 0 Å². The predicted molar refractivity (Wildman–Crippen MR) is 61.7 cm³/mol. The van der Waals surface area contributed by atoms with E-state index >= 15 is 0 Å². The Labute approximate surface area is 88.5 Å². The molecule has 1 aliphatic rings. The van der Waals surface area contributed by atoms with Crippen LogP contribution < -0.4 is 5.32 Å². The van der Waals surface area contributed by atoms with E-state index in [9.17, 15) is 0 Å². The molecule has 1 fully saturated rings. The molecule has 3 heteroatoms. The Morgan fingerprint density at radius 3 is 2.14 bits per heavy atom. The summed E-state index contributed by atoms with van der Waals surface area (Å²) in [6.45, 7) is 12.9. The average molecular weight is 199 g/mol. The molecule has 3 nitrogen and oxygen atoms in total. The fourth-order valence-corrected chi connectivity index (χ4v) is 2.04. The van der Waals surface area contributed by atoms with E-state index in [1.54, 1.807) is 0 Å². The Kier molecular flexibility index (Phi) is 4.85. The van der Waals surface area contributed by atoms with Gasteiger partial charge in [-0.2, -0.15) is 0 Å². The highest BCUT2D eigenvalue weighted by Crippen LogP contribution is 2.08. The van der Waals surface area contributed by atoms with Crippen molar-refractivity contribution >= 4 is 0 Å². The van der Waals surface area contributed by atoms with Crippen molar-refractivity contribution in [3.8, 4) is 0 Å². The number of nitrogens with one attached hydrogen (secondary N) is 1. The molecular formula is C11H25N3. The maximum Gasteiger partial charge on any atom is 0.0219 e. The lowest BCUT2D eigenvalue weighted by Crippen LogP contribution is -2.54. The second kappa shape index (κ2) is 5.69. The highest BCUT2D eigenvalue weighted by atomic mass is 15.3. The second-order valence-corrected chi connectivity index (χ2v) is 4.29. The van der Waals surface area contributed by atoms with E-state index < -0.39 is 0 Å². The van der Waals surface area contributed by atoms with Gasteiger partial charge in [-0.15, -0.1) is 0 Å². The van der Waals surface area contributed by atoms with Crippen molar-refractivity contribution in [2.45, 2.75) is 32.9 Å². The molecule has 0 saturated carbocycles. The smallest absolute Gasteiger partial charge is 0.0219 e. The highest BCUT2D eigenvalue weighted by Gasteiger charge is 2.22. The predicted octanol–water partition coefficient (Wildman–Crippen LogP) is 0.620. The average Bonchev–Trinajstić information content (AvgIpc) is 2.27.